The Kier molecular flexibility index (Phi) is 3.64. The minimum absolute atomic E-state index is 0.472. The van der Waals surface area contributed by atoms with E-state index in [4.69, 9.17) is 4.74 Å². The van der Waals surface area contributed by atoms with Crippen LogP contribution in [0.25, 0.3) is 6.08 Å². The Labute approximate surface area is 109 Å². The Morgan fingerprint density at radius 3 is 2.94 bits per heavy atom. The summed E-state index contributed by atoms with van der Waals surface area (Å²) in [5, 5.41) is 4.16. The summed E-state index contributed by atoms with van der Waals surface area (Å²) in [6.07, 6.45) is 3.67. The zero-order valence-electron chi connectivity index (χ0n) is 9.56. The highest BCUT2D eigenvalue weighted by Gasteiger charge is 2.06. The van der Waals surface area contributed by atoms with Gasteiger partial charge in [0.2, 0.25) is 5.88 Å². The van der Waals surface area contributed by atoms with Crippen LogP contribution in [0.4, 0.5) is 0 Å². The predicted molar refractivity (Wildman–Crippen MR) is 71.8 cm³/mol. The molecule has 0 saturated heterocycles. The van der Waals surface area contributed by atoms with Crippen molar-refractivity contribution in [3.8, 4) is 5.88 Å². The van der Waals surface area contributed by atoms with Gasteiger partial charge < -0.3 is 4.74 Å². The molecule has 0 atom stereocenters. The fourth-order valence-corrected chi connectivity index (χ4v) is 2.03. The zero-order chi connectivity index (χ0) is 12.3. The summed E-state index contributed by atoms with van der Waals surface area (Å²) in [4.78, 5) is 0. The first-order chi connectivity index (χ1) is 8.20. The van der Waals surface area contributed by atoms with E-state index in [1.54, 1.807) is 4.68 Å². The molecule has 0 fully saturated rings. The molecule has 88 valence electrons. The van der Waals surface area contributed by atoms with Crippen LogP contribution in [0, 0.1) is 0 Å². The van der Waals surface area contributed by atoms with Crippen molar-refractivity contribution in [3.63, 3.8) is 0 Å². The Hall–Kier alpha value is -1.55. The molecule has 0 aliphatic carbocycles. The summed E-state index contributed by atoms with van der Waals surface area (Å²) >= 11 is 3.51. The Balaban J connectivity index is 2.16. The van der Waals surface area contributed by atoms with E-state index >= 15 is 0 Å². The average molecular weight is 293 g/mol. The number of rotatable bonds is 4. The minimum atomic E-state index is 0.472. The summed E-state index contributed by atoms with van der Waals surface area (Å²) in [6, 6.07) is 7.81. The van der Waals surface area contributed by atoms with Crippen LogP contribution in [-0.2, 0) is 13.7 Å². The van der Waals surface area contributed by atoms with Gasteiger partial charge in [-0.25, -0.2) is 0 Å². The second kappa shape index (κ2) is 5.19. The van der Waals surface area contributed by atoms with E-state index in [0.29, 0.717) is 12.5 Å². The molecule has 0 amide bonds. The lowest BCUT2D eigenvalue weighted by atomic mass is 10.1. The van der Waals surface area contributed by atoms with Crippen LogP contribution in [0.1, 0.15) is 11.1 Å². The molecule has 1 aromatic heterocycles. The fourth-order valence-electron chi connectivity index (χ4n) is 1.54. The fraction of sp³-hybridized carbons (Fsp3) is 0.154. The molecule has 0 saturated carbocycles. The van der Waals surface area contributed by atoms with Gasteiger partial charge in [-0.05, 0) is 11.6 Å². The van der Waals surface area contributed by atoms with Gasteiger partial charge in [0.1, 0.15) is 6.61 Å². The molecule has 0 bridgehead atoms. The maximum Gasteiger partial charge on any atom is 0.233 e. The quantitative estimate of drug-likeness (QED) is 0.864. The number of hydrogen-bond acceptors (Lipinski definition) is 2. The van der Waals surface area contributed by atoms with Gasteiger partial charge in [0.15, 0.2) is 0 Å². The number of nitrogens with zero attached hydrogens (tertiary/aromatic N) is 2. The molecule has 3 nitrogen and oxygen atoms in total. The van der Waals surface area contributed by atoms with Gasteiger partial charge in [-0.1, -0.05) is 40.7 Å². The van der Waals surface area contributed by atoms with Gasteiger partial charge in [-0.2, -0.15) is 0 Å². The topological polar surface area (TPSA) is 27.1 Å². The molecule has 2 rings (SSSR count). The number of aryl methyl sites for hydroxylation is 1. The molecule has 0 spiro atoms. The Bertz CT molecular complexity index is 534. The van der Waals surface area contributed by atoms with Crippen molar-refractivity contribution in [1.29, 1.82) is 0 Å². The van der Waals surface area contributed by atoms with Gasteiger partial charge in [0, 0.05) is 29.3 Å². The molecular weight excluding hydrogens is 280 g/mol. The third-order valence-electron chi connectivity index (χ3n) is 2.43. The Morgan fingerprint density at radius 1 is 1.47 bits per heavy atom. The van der Waals surface area contributed by atoms with E-state index in [1.165, 1.54) is 0 Å². The van der Waals surface area contributed by atoms with Gasteiger partial charge >= 0.3 is 0 Å². The van der Waals surface area contributed by atoms with Gasteiger partial charge in [-0.3, -0.25) is 4.68 Å². The van der Waals surface area contributed by atoms with Crippen molar-refractivity contribution in [2.45, 2.75) is 6.61 Å². The average Bonchev–Trinajstić information content (AvgIpc) is 2.73. The second-order valence-corrected chi connectivity index (χ2v) is 4.48. The molecule has 1 heterocycles. The van der Waals surface area contributed by atoms with Gasteiger partial charge in [0.25, 0.3) is 0 Å². The minimum Gasteiger partial charge on any atom is -0.472 e. The van der Waals surface area contributed by atoms with Crippen LogP contribution in [0.15, 0.2) is 41.5 Å². The summed E-state index contributed by atoms with van der Waals surface area (Å²) in [5.41, 5.74) is 2.14. The third kappa shape index (κ3) is 2.77. The third-order valence-corrected chi connectivity index (χ3v) is 3.17. The molecule has 0 aliphatic rings. The summed E-state index contributed by atoms with van der Waals surface area (Å²) in [7, 11) is 1.86. The van der Waals surface area contributed by atoms with Crippen molar-refractivity contribution in [1.82, 2.24) is 9.78 Å². The number of aromatic nitrogens is 2. The van der Waals surface area contributed by atoms with Crippen molar-refractivity contribution < 1.29 is 4.74 Å². The maximum absolute atomic E-state index is 5.63. The van der Waals surface area contributed by atoms with Crippen LogP contribution in [0.2, 0.25) is 0 Å². The molecule has 0 unspecified atom stereocenters. The first kappa shape index (κ1) is 11.9. The number of halogens is 1. The van der Waals surface area contributed by atoms with Crippen molar-refractivity contribution in [2.75, 3.05) is 0 Å². The first-order valence-electron chi connectivity index (χ1n) is 5.23. The van der Waals surface area contributed by atoms with Crippen LogP contribution >= 0.6 is 15.9 Å². The van der Waals surface area contributed by atoms with E-state index in [9.17, 15) is 0 Å². The maximum atomic E-state index is 5.63. The van der Waals surface area contributed by atoms with E-state index in [0.717, 1.165) is 15.6 Å². The molecule has 17 heavy (non-hydrogen) atoms. The highest BCUT2D eigenvalue weighted by molar-refractivity contribution is 9.10. The van der Waals surface area contributed by atoms with Crippen LogP contribution in [0.5, 0.6) is 5.88 Å². The highest BCUT2D eigenvalue weighted by Crippen LogP contribution is 2.23. The predicted octanol–water partition coefficient (Wildman–Crippen LogP) is 3.40. The molecular formula is C13H13BrN2O. The highest BCUT2D eigenvalue weighted by atomic mass is 79.9. The Morgan fingerprint density at radius 2 is 2.29 bits per heavy atom. The number of hydrogen-bond donors (Lipinski definition) is 0. The molecule has 0 radical (unpaired) electrons. The SMILES string of the molecule is C=Cc1cccc(Br)c1COc1ccn(C)n1. The monoisotopic (exact) mass is 292 g/mol. The first-order valence-corrected chi connectivity index (χ1v) is 6.02. The largest absolute Gasteiger partial charge is 0.472 e. The standard InChI is InChI=1S/C13H13BrN2O/c1-3-10-5-4-6-12(14)11(10)9-17-13-7-8-16(2)15-13/h3-8H,1,9H2,2H3. The lowest BCUT2D eigenvalue weighted by Gasteiger charge is -2.08. The van der Waals surface area contributed by atoms with Gasteiger partial charge in [-0.15, -0.1) is 5.10 Å². The molecule has 0 aliphatic heterocycles. The van der Waals surface area contributed by atoms with Gasteiger partial charge in [0.05, 0.1) is 0 Å². The normalized spacial score (nSPS) is 10.2. The van der Waals surface area contributed by atoms with E-state index in [2.05, 4.69) is 27.6 Å². The molecule has 1 aromatic carbocycles. The lowest BCUT2D eigenvalue weighted by molar-refractivity contribution is 0.290. The molecule has 4 heteroatoms. The molecule has 0 N–H and O–H groups in total. The smallest absolute Gasteiger partial charge is 0.233 e. The van der Waals surface area contributed by atoms with E-state index in [1.807, 2.05) is 43.6 Å². The summed E-state index contributed by atoms with van der Waals surface area (Å²) in [6.45, 7) is 4.27. The van der Waals surface area contributed by atoms with E-state index < -0.39 is 0 Å². The van der Waals surface area contributed by atoms with Crippen LogP contribution in [-0.4, -0.2) is 9.78 Å². The van der Waals surface area contributed by atoms with E-state index in [-0.39, 0.29) is 0 Å². The molecule has 2 aromatic rings. The summed E-state index contributed by atoms with van der Waals surface area (Å²) in [5.74, 6) is 0.623. The van der Waals surface area contributed by atoms with Crippen LogP contribution < -0.4 is 4.74 Å². The number of ether oxygens (including phenoxy) is 1. The van der Waals surface area contributed by atoms with Crippen molar-refractivity contribution in [2.24, 2.45) is 7.05 Å². The van der Waals surface area contributed by atoms with Crippen molar-refractivity contribution >= 4 is 22.0 Å². The zero-order valence-corrected chi connectivity index (χ0v) is 11.1. The lowest BCUT2D eigenvalue weighted by Crippen LogP contribution is -2.00. The number of benzene rings is 1. The van der Waals surface area contributed by atoms with Crippen LogP contribution in [0.3, 0.4) is 0 Å². The van der Waals surface area contributed by atoms with Crippen molar-refractivity contribution in [3.05, 3.63) is 52.6 Å². The summed E-state index contributed by atoms with van der Waals surface area (Å²) < 4.78 is 8.36. The second-order valence-electron chi connectivity index (χ2n) is 3.63.